The summed E-state index contributed by atoms with van der Waals surface area (Å²) in [5, 5.41) is 6.44. The van der Waals surface area contributed by atoms with E-state index in [1.54, 1.807) is 7.05 Å². The van der Waals surface area contributed by atoms with Crippen LogP contribution in [0.4, 0.5) is 0 Å². The Morgan fingerprint density at radius 1 is 1.20 bits per heavy atom. The van der Waals surface area contributed by atoms with E-state index < -0.39 is 0 Å². The predicted molar refractivity (Wildman–Crippen MR) is 124 cm³/mol. The third-order valence-corrected chi connectivity index (χ3v) is 6.55. The number of carbonyl (C=O) groups is 2. The van der Waals surface area contributed by atoms with Gasteiger partial charge in [0.05, 0.1) is 25.0 Å². The van der Waals surface area contributed by atoms with E-state index in [0.717, 1.165) is 45.6 Å². The number of imide groups is 1. The first-order valence-corrected chi connectivity index (χ1v) is 10.8. The zero-order chi connectivity index (χ0) is 20.2. The first-order chi connectivity index (χ1) is 14.2. The zero-order valence-electron chi connectivity index (χ0n) is 17.5. The summed E-state index contributed by atoms with van der Waals surface area (Å²) in [5.74, 6) is 1.51. The van der Waals surface area contributed by atoms with Gasteiger partial charge >= 0.3 is 0 Å². The normalized spacial score (nSPS) is 32.0. The van der Waals surface area contributed by atoms with Crippen LogP contribution >= 0.6 is 24.0 Å². The smallest absolute Gasteiger partial charge is 0.233 e. The minimum absolute atomic E-state index is 0. The van der Waals surface area contributed by atoms with E-state index in [9.17, 15) is 9.59 Å². The van der Waals surface area contributed by atoms with Crippen molar-refractivity contribution in [3.05, 3.63) is 12.2 Å². The van der Waals surface area contributed by atoms with Gasteiger partial charge in [-0.05, 0) is 31.1 Å². The molecule has 2 heterocycles. The summed E-state index contributed by atoms with van der Waals surface area (Å²) >= 11 is 0. The predicted octanol–water partition coefficient (Wildman–Crippen LogP) is 1.02. The molecule has 9 heteroatoms. The highest BCUT2D eigenvalue weighted by molar-refractivity contribution is 14.0. The van der Waals surface area contributed by atoms with Crippen molar-refractivity contribution in [2.45, 2.75) is 19.3 Å². The lowest BCUT2D eigenvalue weighted by Gasteiger charge is -2.18. The molecule has 0 aromatic rings. The number of aliphatic imine (C=N–C) groups is 1. The molecule has 0 aromatic heterocycles. The van der Waals surface area contributed by atoms with E-state index in [1.807, 2.05) is 0 Å². The lowest BCUT2D eigenvalue weighted by atomic mass is 9.85. The standard InChI is InChI=1S/C21H32N4O4.HI/c1-22-21(23-6-2-9-28-12-14-5-10-29-13-14)24-7-8-25-19(26)17-15-3-4-16(11-15)18(17)20(25)27;/h3-4,14-18H,2,5-13H2,1H3,(H2,22,23,24);1H. The number of guanidine groups is 1. The van der Waals surface area contributed by atoms with Crippen LogP contribution in [-0.4, -0.2) is 75.8 Å². The van der Waals surface area contributed by atoms with Crippen molar-refractivity contribution >= 4 is 41.8 Å². The molecule has 5 unspecified atom stereocenters. The molecule has 4 aliphatic rings. The third kappa shape index (κ3) is 4.99. The number of rotatable bonds is 9. The van der Waals surface area contributed by atoms with E-state index in [-0.39, 0.29) is 59.5 Å². The second kappa shape index (κ2) is 10.9. The summed E-state index contributed by atoms with van der Waals surface area (Å²) in [6.45, 7) is 4.78. The van der Waals surface area contributed by atoms with Crippen LogP contribution in [0.15, 0.2) is 17.1 Å². The van der Waals surface area contributed by atoms with E-state index in [1.165, 1.54) is 4.90 Å². The molecule has 168 valence electrons. The Balaban J connectivity index is 0.00000256. The van der Waals surface area contributed by atoms with Crippen molar-refractivity contribution < 1.29 is 19.1 Å². The quantitative estimate of drug-likeness (QED) is 0.115. The van der Waals surface area contributed by atoms with Gasteiger partial charge < -0.3 is 20.1 Å². The van der Waals surface area contributed by atoms with E-state index in [4.69, 9.17) is 9.47 Å². The van der Waals surface area contributed by atoms with Gasteiger partial charge in [0.1, 0.15) is 0 Å². The molecule has 5 atom stereocenters. The van der Waals surface area contributed by atoms with Crippen LogP contribution in [0, 0.1) is 29.6 Å². The maximum absolute atomic E-state index is 12.7. The minimum Gasteiger partial charge on any atom is -0.381 e. The molecule has 2 bridgehead atoms. The highest BCUT2D eigenvalue weighted by atomic mass is 127. The molecular weight excluding hydrogens is 499 g/mol. The number of allylic oxidation sites excluding steroid dienone is 2. The Hall–Kier alpha value is -1.20. The van der Waals surface area contributed by atoms with Gasteiger partial charge in [0.15, 0.2) is 5.96 Å². The SMILES string of the molecule is CN=C(NCCCOCC1CCOC1)NCCN1C(=O)C2C3C=CC(C3)C2C1=O.I. The molecule has 30 heavy (non-hydrogen) atoms. The van der Waals surface area contributed by atoms with Gasteiger partial charge in [-0.1, -0.05) is 12.2 Å². The number of halogens is 1. The van der Waals surface area contributed by atoms with Crippen LogP contribution in [0.3, 0.4) is 0 Å². The Morgan fingerprint density at radius 2 is 1.90 bits per heavy atom. The Morgan fingerprint density at radius 3 is 2.53 bits per heavy atom. The van der Waals surface area contributed by atoms with Crippen LogP contribution in [0.2, 0.25) is 0 Å². The van der Waals surface area contributed by atoms with Crippen LogP contribution in [0.25, 0.3) is 0 Å². The first-order valence-electron chi connectivity index (χ1n) is 10.8. The number of carbonyl (C=O) groups excluding carboxylic acids is 2. The van der Waals surface area contributed by atoms with Crippen molar-refractivity contribution in [1.29, 1.82) is 0 Å². The Labute approximate surface area is 195 Å². The molecule has 4 rings (SSSR count). The largest absolute Gasteiger partial charge is 0.381 e. The number of hydrogen-bond acceptors (Lipinski definition) is 5. The fraction of sp³-hybridized carbons (Fsp3) is 0.762. The van der Waals surface area contributed by atoms with Crippen LogP contribution in [-0.2, 0) is 19.1 Å². The fourth-order valence-electron chi connectivity index (χ4n) is 5.04. The maximum atomic E-state index is 12.7. The molecule has 2 N–H and O–H groups in total. The highest BCUT2D eigenvalue weighted by Gasteiger charge is 2.58. The zero-order valence-corrected chi connectivity index (χ0v) is 19.9. The molecule has 3 fully saturated rings. The van der Waals surface area contributed by atoms with Crippen molar-refractivity contribution in [3.8, 4) is 0 Å². The van der Waals surface area contributed by atoms with E-state index in [0.29, 0.717) is 31.6 Å². The van der Waals surface area contributed by atoms with Gasteiger partial charge in [-0.25, -0.2) is 0 Å². The summed E-state index contributed by atoms with van der Waals surface area (Å²) in [6, 6.07) is 0. The van der Waals surface area contributed by atoms with E-state index >= 15 is 0 Å². The first kappa shape index (κ1) is 23.5. The fourth-order valence-corrected chi connectivity index (χ4v) is 5.04. The maximum Gasteiger partial charge on any atom is 0.233 e. The molecular formula is C21H33IN4O4. The molecule has 0 spiro atoms. The number of likely N-dealkylation sites (tertiary alicyclic amines) is 1. The number of fused-ring (bicyclic) bond motifs is 5. The van der Waals surface area contributed by atoms with E-state index in [2.05, 4.69) is 27.8 Å². The molecule has 2 aliphatic carbocycles. The number of amides is 2. The minimum atomic E-state index is -0.120. The summed E-state index contributed by atoms with van der Waals surface area (Å²) in [4.78, 5) is 31.0. The van der Waals surface area contributed by atoms with Crippen LogP contribution in [0.1, 0.15) is 19.3 Å². The Kier molecular flexibility index (Phi) is 8.52. The molecule has 2 aliphatic heterocycles. The molecule has 2 saturated heterocycles. The molecule has 0 aromatic carbocycles. The lowest BCUT2D eigenvalue weighted by molar-refractivity contribution is -0.140. The third-order valence-electron chi connectivity index (χ3n) is 6.55. The van der Waals surface area contributed by atoms with Crippen molar-refractivity contribution in [3.63, 3.8) is 0 Å². The van der Waals surface area contributed by atoms with Crippen LogP contribution in [0.5, 0.6) is 0 Å². The summed E-state index contributed by atoms with van der Waals surface area (Å²) < 4.78 is 11.0. The number of nitrogens with one attached hydrogen (secondary N) is 2. The van der Waals surface area contributed by atoms with Gasteiger partial charge in [0.25, 0.3) is 0 Å². The number of ether oxygens (including phenoxy) is 2. The van der Waals surface area contributed by atoms with Gasteiger partial charge in [0.2, 0.25) is 11.8 Å². The monoisotopic (exact) mass is 532 g/mol. The van der Waals surface area contributed by atoms with Crippen molar-refractivity contribution in [2.75, 3.05) is 53.1 Å². The molecule has 1 saturated carbocycles. The second-order valence-electron chi connectivity index (χ2n) is 8.41. The molecule has 2 amide bonds. The molecule has 8 nitrogen and oxygen atoms in total. The number of hydrogen-bond donors (Lipinski definition) is 2. The van der Waals surface area contributed by atoms with Crippen LogP contribution < -0.4 is 10.6 Å². The van der Waals surface area contributed by atoms with Gasteiger partial charge in [-0.15, -0.1) is 24.0 Å². The summed E-state index contributed by atoms with van der Waals surface area (Å²) in [6.07, 6.45) is 7.19. The van der Waals surface area contributed by atoms with Gasteiger partial charge in [0, 0.05) is 45.8 Å². The Bertz CT molecular complexity index is 650. The van der Waals surface area contributed by atoms with Crippen molar-refractivity contribution in [2.24, 2.45) is 34.6 Å². The summed E-state index contributed by atoms with van der Waals surface area (Å²) in [5.41, 5.74) is 0. The molecule has 0 radical (unpaired) electrons. The van der Waals surface area contributed by atoms with Gasteiger partial charge in [-0.2, -0.15) is 0 Å². The number of nitrogens with zero attached hydrogens (tertiary/aromatic N) is 2. The average Bonchev–Trinajstić information content (AvgIpc) is 3.50. The highest BCUT2D eigenvalue weighted by Crippen LogP contribution is 2.52. The van der Waals surface area contributed by atoms with Gasteiger partial charge in [-0.3, -0.25) is 19.5 Å². The van der Waals surface area contributed by atoms with Crippen molar-refractivity contribution in [1.82, 2.24) is 15.5 Å². The lowest BCUT2D eigenvalue weighted by Crippen LogP contribution is -2.44. The topological polar surface area (TPSA) is 92.3 Å². The second-order valence-corrected chi connectivity index (χ2v) is 8.41. The average molecular weight is 532 g/mol. The summed E-state index contributed by atoms with van der Waals surface area (Å²) in [7, 11) is 1.71.